The number of halogens is 5. The third-order valence-electron chi connectivity index (χ3n) is 6.03. The normalized spacial score (nSPS) is 15.8. The van der Waals surface area contributed by atoms with E-state index in [4.69, 9.17) is 23.2 Å². The van der Waals surface area contributed by atoms with Gasteiger partial charge in [-0.05, 0) is 80.6 Å². The van der Waals surface area contributed by atoms with Gasteiger partial charge in [-0.25, -0.2) is 8.93 Å². The first-order valence-electron chi connectivity index (χ1n) is 11.5. The smallest absolute Gasteiger partial charge is 0.376 e. The number of hydrogen-bond donors (Lipinski definition) is 2. The second kappa shape index (κ2) is 10.5. The Morgan fingerprint density at radius 3 is 2.34 bits per heavy atom. The number of benzene rings is 2. The number of nitrogens with one attached hydrogen (secondary N) is 1. The maximum atomic E-state index is 13.5. The molecule has 0 saturated carbocycles. The average molecular weight is 602 g/mol. The van der Waals surface area contributed by atoms with Crippen LogP contribution in [0.25, 0.3) is 21.3 Å². The maximum absolute atomic E-state index is 13.5. The summed E-state index contributed by atoms with van der Waals surface area (Å²) in [6, 6.07) is 14.3. The van der Waals surface area contributed by atoms with E-state index in [0.717, 1.165) is 26.6 Å². The summed E-state index contributed by atoms with van der Waals surface area (Å²) in [5.74, 6) is 0. The third-order valence-corrected chi connectivity index (χ3v) is 9.41. The Morgan fingerprint density at radius 1 is 1.03 bits per heavy atom. The van der Waals surface area contributed by atoms with E-state index in [-0.39, 0.29) is 11.3 Å². The lowest BCUT2D eigenvalue weighted by atomic mass is 9.94. The summed E-state index contributed by atoms with van der Waals surface area (Å²) in [6.45, 7) is 6.28. The monoisotopic (exact) mass is 600 g/mol. The Morgan fingerprint density at radius 2 is 1.71 bits per heavy atom. The first-order chi connectivity index (χ1) is 17.6. The van der Waals surface area contributed by atoms with Crippen molar-refractivity contribution in [3.05, 3.63) is 86.8 Å². The molecule has 2 aromatic carbocycles. The van der Waals surface area contributed by atoms with Crippen molar-refractivity contribution in [1.29, 1.82) is 0 Å². The van der Waals surface area contributed by atoms with E-state index < -0.39 is 33.6 Å². The van der Waals surface area contributed by atoms with Gasteiger partial charge in [-0.15, -0.1) is 11.3 Å². The molecular formula is C27H25Cl2F3N2O2S2. The summed E-state index contributed by atoms with van der Waals surface area (Å²) < 4.78 is 57.0. The van der Waals surface area contributed by atoms with Gasteiger partial charge in [0.25, 0.3) is 0 Å². The third kappa shape index (κ3) is 5.78. The van der Waals surface area contributed by atoms with Crippen LogP contribution in [0.5, 0.6) is 0 Å². The molecule has 38 heavy (non-hydrogen) atoms. The van der Waals surface area contributed by atoms with Gasteiger partial charge in [0.05, 0.1) is 27.5 Å². The molecule has 4 aromatic rings. The van der Waals surface area contributed by atoms with Gasteiger partial charge in [-0.1, -0.05) is 41.4 Å². The Hall–Kier alpha value is -2.01. The van der Waals surface area contributed by atoms with Crippen LogP contribution in [-0.2, 0) is 16.6 Å². The number of nitrogens with zero attached hydrogens (tertiary/aromatic N) is 1. The number of rotatable bonds is 6. The molecule has 0 saturated heterocycles. The summed E-state index contributed by atoms with van der Waals surface area (Å²) in [5, 5.41) is 11.8. The van der Waals surface area contributed by atoms with Gasteiger partial charge in [0.15, 0.2) is 5.60 Å². The fourth-order valence-corrected chi connectivity index (χ4v) is 6.38. The van der Waals surface area contributed by atoms with E-state index in [1.807, 2.05) is 39.0 Å². The quantitative estimate of drug-likeness (QED) is 0.234. The molecule has 0 aliphatic heterocycles. The zero-order chi connectivity index (χ0) is 28.0. The van der Waals surface area contributed by atoms with Gasteiger partial charge in [0.1, 0.15) is 0 Å². The minimum atomic E-state index is -4.87. The largest absolute Gasteiger partial charge is 0.421 e. The molecule has 0 unspecified atom stereocenters. The number of fused-ring (bicyclic) bond motifs is 1. The van der Waals surface area contributed by atoms with Crippen molar-refractivity contribution in [2.45, 2.75) is 50.3 Å². The molecular weight excluding hydrogens is 576 g/mol. The standard InChI is InChI=1S/C27H25Cl2F3N2O2S2/c1-25(2,3)38(36)34-23(18-7-5-6-8-20(18)29)22-12-15-11-17(28)14-19(24(15)37-22)21-13-16(9-10-33-21)26(4,35)27(30,31)32/h5-14,23,34-35H,1-4H3/t23-,26+,38+/m1/s1. The van der Waals surface area contributed by atoms with Gasteiger partial charge in [-0.2, -0.15) is 13.2 Å². The molecule has 0 bridgehead atoms. The highest BCUT2D eigenvalue weighted by atomic mass is 35.5. The SMILES string of the molecule is CC(C)(C)[S@](=O)N[C@@H](c1cc2cc(Cl)cc(-c3cc([C@](C)(O)C(F)(F)F)ccn3)c2s1)c1ccccc1Cl. The number of hydrogen-bond acceptors (Lipinski definition) is 4. The fraction of sp³-hybridized carbons (Fsp3) is 0.296. The molecule has 0 amide bonds. The van der Waals surface area contributed by atoms with Gasteiger partial charge < -0.3 is 5.11 Å². The van der Waals surface area contributed by atoms with Crippen LogP contribution in [0.4, 0.5) is 13.2 Å². The van der Waals surface area contributed by atoms with E-state index in [2.05, 4.69) is 9.71 Å². The van der Waals surface area contributed by atoms with E-state index in [1.54, 1.807) is 24.3 Å². The van der Waals surface area contributed by atoms with Crippen LogP contribution in [-0.4, -0.2) is 25.2 Å². The molecule has 2 heterocycles. The van der Waals surface area contributed by atoms with Crippen molar-refractivity contribution >= 4 is 55.6 Å². The highest BCUT2D eigenvalue weighted by molar-refractivity contribution is 7.84. The van der Waals surface area contributed by atoms with Crippen molar-refractivity contribution in [2.75, 3.05) is 0 Å². The van der Waals surface area contributed by atoms with Crippen molar-refractivity contribution in [2.24, 2.45) is 0 Å². The Labute approximate surface area is 235 Å². The van der Waals surface area contributed by atoms with Crippen molar-refractivity contribution in [3.63, 3.8) is 0 Å². The Bertz CT molecular complexity index is 1510. The molecule has 0 aliphatic carbocycles. The van der Waals surface area contributed by atoms with E-state index in [0.29, 0.717) is 22.5 Å². The molecule has 0 spiro atoms. The second-order valence-electron chi connectivity index (χ2n) is 9.97. The topological polar surface area (TPSA) is 62.2 Å². The lowest BCUT2D eigenvalue weighted by molar-refractivity contribution is -0.258. The summed E-state index contributed by atoms with van der Waals surface area (Å²) in [6.07, 6.45) is -3.64. The Kier molecular flexibility index (Phi) is 8.02. The predicted octanol–water partition coefficient (Wildman–Crippen LogP) is 8.18. The zero-order valence-corrected chi connectivity index (χ0v) is 24.0. The molecule has 0 aliphatic rings. The van der Waals surface area contributed by atoms with Crippen LogP contribution in [0.1, 0.15) is 49.7 Å². The predicted molar refractivity (Wildman–Crippen MR) is 150 cm³/mol. The van der Waals surface area contributed by atoms with E-state index >= 15 is 0 Å². The lowest BCUT2D eigenvalue weighted by Crippen LogP contribution is -2.39. The number of alkyl halides is 3. The van der Waals surface area contributed by atoms with Gasteiger partial charge in [0.2, 0.25) is 0 Å². The second-order valence-corrected chi connectivity index (χ2v) is 13.9. The average Bonchev–Trinajstić information content (AvgIpc) is 3.24. The molecule has 4 nitrogen and oxygen atoms in total. The van der Waals surface area contributed by atoms with E-state index in [1.165, 1.54) is 23.6 Å². The molecule has 2 N–H and O–H groups in total. The zero-order valence-electron chi connectivity index (χ0n) is 20.9. The minimum absolute atomic E-state index is 0.230. The van der Waals surface area contributed by atoms with Crippen LogP contribution in [0.15, 0.2) is 60.8 Å². The lowest BCUT2D eigenvalue weighted by Gasteiger charge is -2.26. The molecule has 0 fully saturated rings. The summed E-state index contributed by atoms with van der Waals surface area (Å²) in [4.78, 5) is 5.07. The highest BCUT2D eigenvalue weighted by Gasteiger charge is 2.51. The van der Waals surface area contributed by atoms with Gasteiger partial charge in [0, 0.05) is 31.4 Å². The first kappa shape index (κ1) is 29.0. The molecule has 4 rings (SSSR count). The van der Waals surface area contributed by atoms with Crippen molar-refractivity contribution < 1.29 is 22.5 Å². The summed E-state index contributed by atoms with van der Waals surface area (Å²) >= 11 is 14.3. The van der Waals surface area contributed by atoms with Crippen LogP contribution in [0.3, 0.4) is 0 Å². The molecule has 2 aromatic heterocycles. The van der Waals surface area contributed by atoms with E-state index in [9.17, 15) is 22.5 Å². The summed E-state index contributed by atoms with van der Waals surface area (Å²) in [7, 11) is -1.44. The van der Waals surface area contributed by atoms with Crippen molar-refractivity contribution in [3.8, 4) is 11.3 Å². The summed E-state index contributed by atoms with van der Waals surface area (Å²) in [5.41, 5.74) is -1.92. The minimum Gasteiger partial charge on any atom is -0.376 e. The number of thiophene rings is 1. The van der Waals surface area contributed by atoms with Gasteiger partial charge >= 0.3 is 6.18 Å². The molecule has 3 atom stereocenters. The maximum Gasteiger partial charge on any atom is 0.421 e. The van der Waals surface area contributed by atoms with Crippen LogP contribution in [0.2, 0.25) is 10.0 Å². The Balaban J connectivity index is 1.88. The van der Waals surface area contributed by atoms with Crippen LogP contribution in [0, 0.1) is 0 Å². The van der Waals surface area contributed by atoms with Crippen LogP contribution < -0.4 is 4.72 Å². The molecule has 0 radical (unpaired) electrons. The first-order valence-corrected chi connectivity index (χ1v) is 14.2. The van der Waals surface area contributed by atoms with Crippen molar-refractivity contribution in [1.82, 2.24) is 9.71 Å². The van der Waals surface area contributed by atoms with Crippen LogP contribution >= 0.6 is 34.5 Å². The molecule has 202 valence electrons. The molecule has 11 heteroatoms. The highest BCUT2D eigenvalue weighted by Crippen LogP contribution is 2.43. The number of aromatic nitrogens is 1. The van der Waals surface area contributed by atoms with Gasteiger partial charge in [-0.3, -0.25) is 4.98 Å². The number of pyridine rings is 1. The fourth-order valence-electron chi connectivity index (χ4n) is 3.78. The number of aliphatic hydroxyl groups is 1.